The minimum absolute atomic E-state index is 0.685. The van der Waals surface area contributed by atoms with Gasteiger partial charge in [0.15, 0.2) is 0 Å². The zero-order valence-corrected chi connectivity index (χ0v) is 11.9. The Hall–Kier alpha value is -1.60. The third-order valence-corrected chi connectivity index (χ3v) is 3.45. The van der Waals surface area contributed by atoms with Crippen LogP contribution in [0.15, 0.2) is 48.5 Å². The van der Waals surface area contributed by atoms with Crippen LogP contribution in [0.4, 0.5) is 0 Å². The molecule has 0 aliphatic heterocycles. The van der Waals surface area contributed by atoms with Crippen LogP contribution in [0, 0.1) is 0 Å². The van der Waals surface area contributed by atoms with E-state index >= 15 is 0 Å². The molecule has 1 nitrogen and oxygen atoms in total. The highest BCUT2D eigenvalue weighted by molar-refractivity contribution is 5.68. The lowest BCUT2D eigenvalue weighted by molar-refractivity contribution is 0.184. The molecule has 0 bridgehead atoms. The summed E-state index contributed by atoms with van der Waals surface area (Å²) >= 11 is 0. The maximum absolute atomic E-state index is 5.41. The van der Waals surface area contributed by atoms with Crippen molar-refractivity contribution in [3.63, 3.8) is 0 Å². The summed E-state index contributed by atoms with van der Waals surface area (Å²) in [4.78, 5) is 0. The molecule has 0 spiro atoms. The van der Waals surface area contributed by atoms with Gasteiger partial charge in [0.2, 0.25) is 0 Å². The lowest BCUT2D eigenvalue weighted by atomic mass is 9.93. The van der Waals surface area contributed by atoms with Gasteiger partial charge in [-0.05, 0) is 35.1 Å². The Morgan fingerprint density at radius 2 is 1.74 bits per heavy atom. The molecule has 0 radical (unpaired) electrons. The molecule has 0 fully saturated rings. The molecule has 2 aromatic carbocycles. The van der Waals surface area contributed by atoms with Crippen molar-refractivity contribution in [2.24, 2.45) is 0 Å². The standard InChI is InChI=1S/C18H22O/c1-3-4-9-16-12-8-13-17(18(16)14-19-2)15-10-6-5-7-11-15/h5-8,10-13H,3-4,9,14H2,1-2H3. The summed E-state index contributed by atoms with van der Waals surface area (Å²) in [6.07, 6.45) is 3.59. The first-order valence-electron chi connectivity index (χ1n) is 7.02. The fourth-order valence-corrected chi connectivity index (χ4v) is 2.44. The molecular formula is C18H22O. The summed E-state index contributed by atoms with van der Waals surface area (Å²) < 4.78 is 5.41. The van der Waals surface area contributed by atoms with E-state index in [4.69, 9.17) is 4.74 Å². The second kappa shape index (κ2) is 7.10. The van der Waals surface area contributed by atoms with E-state index in [0.29, 0.717) is 6.61 Å². The van der Waals surface area contributed by atoms with Gasteiger partial charge in [-0.15, -0.1) is 0 Å². The van der Waals surface area contributed by atoms with Gasteiger partial charge in [0.05, 0.1) is 6.61 Å². The second-order valence-corrected chi connectivity index (χ2v) is 4.85. The number of unbranched alkanes of at least 4 members (excludes halogenated alkanes) is 1. The van der Waals surface area contributed by atoms with Gasteiger partial charge in [-0.3, -0.25) is 0 Å². The van der Waals surface area contributed by atoms with E-state index in [0.717, 1.165) is 6.42 Å². The largest absolute Gasteiger partial charge is 0.380 e. The molecule has 0 saturated heterocycles. The summed E-state index contributed by atoms with van der Waals surface area (Å²) in [6.45, 7) is 2.92. The Morgan fingerprint density at radius 1 is 0.947 bits per heavy atom. The van der Waals surface area contributed by atoms with Crippen molar-refractivity contribution in [2.45, 2.75) is 32.8 Å². The minimum atomic E-state index is 0.685. The highest BCUT2D eigenvalue weighted by Crippen LogP contribution is 2.27. The monoisotopic (exact) mass is 254 g/mol. The average molecular weight is 254 g/mol. The van der Waals surface area contributed by atoms with Crippen molar-refractivity contribution in [1.29, 1.82) is 0 Å². The maximum atomic E-state index is 5.41. The fraction of sp³-hybridized carbons (Fsp3) is 0.333. The Morgan fingerprint density at radius 3 is 2.42 bits per heavy atom. The number of methoxy groups -OCH3 is 1. The quantitative estimate of drug-likeness (QED) is 0.716. The third kappa shape index (κ3) is 3.45. The molecule has 2 aromatic rings. The lowest BCUT2D eigenvalue weighted by Gasteiger charge is -2.14. The van der Waals surface area contributed by atoms with Crippen LogP contribution in [-0.2, 0) is 17.8 Å². The number of rotatable bonds is 6. The first kappa shape index (κ1) is 13.8. The third-order valence-electron chi connectivity index (χ3n) is 3.45. The molecule has 0 aromatic heterocycles. The summed E-state index contributed by atoms with van der Waals surface area (Å²) in [5.41, 5.74) is 5.33. The van der Waals surface area contributed by atoms with Crippen LogP contribution in [0.1, 0.15) is 30.9 Å². The Bertz CT molecular complexity index is 502. The van der Waals surface area contributed by atoms with Gasteiger partial charge in [0.25, 0.3) is 0 Å². The van der Waals surface area contributed by atoms with Gasteiger partial charge in [-0.2, -0.15) is 0 Å². The predicted molar refractivity (Wildman–Crippen MR) is 81.2 cm³/mol. The SMILES string of the molecule is CCCCc1cccc(-c2ccccc2)c1COC. The van der Waals surface area contributed by atoms with Crippen LogP contribution in [0.2, 0.25) is 0 Å². The highest BCUT2D eigenvalue weighted by atomic mass is 16.5. The van der Waals surface area contributed by atoms with Crippen molar-refractivity contribution >= 4 is 0 Å². The lowest BCUT2D eigenvalue weighted by Crippen LogP contribution is -1.99. The topological polar surface area (TPSA) is 9.23 Å². The predicted octanol–water partition coefficient (Wildman–Crippen LogP) is 4.84. The van der Waals surface area contributed by atoms with Gasteiger partial charge in [0.1, 0.15) is 0 Å². The van der Waals surface area contributed by atoms with E-state index in [9.17, 15) is 0 Å². The van der Waals surface area contributed by atoms with Crippen LogP contribution in [-0.4, -0.2) is 7.11 Å². The molecule has 0 unspecified atom stereocenters. The van der Waals surface area contributed by atoms with Gasteiger partial charge in [-0.25, -0.2) is 0 Å². The minimum Gasteiger partial charge on any atom is -0.380 e. The van der Waals surface area contributed by atoms with E-state index in [-0.39, 0.29) is 0 Å². The Kier molecular flexibility index (Phi) is 5.17. The van der Waals surface area contributed by atoms with Crippen molar-refractivity contribution in [3.05, 3.63) is 59.7 Å². The zero-order valence-electron chi connectivity index (χ0n) is 11.9. The van der Waals surface area contributed by atoms with Crippen LogP contribution in [0.3, 0.4) is 0 Å². The molecule has 1 heteroatoms. The summed E-state index contributed by atoms with van der Waals surface area (Å²) in [7, 11) is 1.77. The molecule has 0 amide bonds. The van der Waals surface area contributed by atoms with Gasteiger partial charge >= 0.3 is 0 Å². The smallest absolute Gasteiger partial charge is 0.0721 e. The van der Waals surface area contributed by atoms with Gasteiger partial charge < -0.3 is 4.74 Å². The van der Waals surface area contributed by atoms with E-state index < -0.39 is 0 Å². The van der Waals surface area contributed by atoms with Crippen molar-refractivity contribution in [2.75, 3.05) is 7.11 Å². The number of hydrogen-bond acceptors (Lipinski definition) is 1. The number of hydrogen-bond donors (Lipinski definition) is 0. The van der Waals surface area contributed by atoms with Crippen molar-refractivity contribution in [3.8, 4) is 11.1 Å². The Labute approximate surface area is 116 Å². The van der Waals surface area contributed by atoms with Crippen molar-refractivity contribution < 1.29 is 4.74 Å². The Balaban J connectivity index is 2.42. The molecule has 0 saturated carbocycles. The second-order valence-electron chi connectivity index (χ2n) is 4.85. The number of aryl methyl sites for hydroxylation is 1. The van der Waals surface area contributed by atoms with Crippen molar-refractivity contribution in [1.82, 2.24) is 0 Å². The van der Waals surface area contributed by atoms with Crippen LogP contribution in [0.5, 0.6) is 0 Å². The molecule has 100 valence electrons. The molecule has 0 aliphatic rings. The summed E-state index contributed by atoms with van der Waals surface area (Å²) in [5.74, 6) is 0. The molecule has 2 rings (SSSR count). The van der Waals surface area contributed by atoms with Gasteiger partial charge in [0, 0.05) is 7.11 Å². The van der Waals surface area contributed by atoms with E-state index in [1.54, 1.807) is 7.11 Å². The van der Waals surface area contributed by atoms with Crippen LogP contribution >= 0.6 is 0 Å². The first-order chi connectivity index (χ1) is 9.36. The normalized spacial score (nSPS) is 10.6. The first-order valence-corrected chi connectivity index (χ1v) is 7.02. The van der Waals surface area contributed by atoms with Crippen LogP contribution in [0.25, 0.3) is 11.1 Å². The molecule has 0 N–H and O–H groups in total. The molecule has 19 heavy (non-hydrogen) atoms. The molecule has 0 heterocycles. The summed E-state index contributed by atoms with van der Waals surface area (Å²) in [5, 5.41) is 0. The number of ether oxygens (including phenoxy) is 1. The number of benzene rings is 2. The highest BCUT2D eigenvalue weighted by Gasteiger charge is 2.09. The fourth-order valence-electron chi connectivity index (χ4n) is 2.44. The summed E-state index contributed by atoms with van der Waals surface area (Å²) in [6, 6.07) is 17.1. The van der Waals surface area contributed by atoms with E-state index in [1.807, 2.05) is 0 Å². The van der Waals surface area contributed by atoms with E-state index in [1.165, 1.54) is 35.1 Å². The molecular weight excluding hydrogens is 232 g/mol. The zero-order chi connectivity index (χ0) is 13.5. The average Bonchev–Trinajstić information content (AvgIpc) is 2.47. The van der Waals surface area contributed by atoms with Gasteiger partial charge in [-0.1, -0.05) is 61.9 Å². The molecule has 0 atom stereocenters. The molecule has 0 aliphatic carbocycles. The van der Waals surface area contributed by atoms with Crippen LogP contribution < -0.4 is 0 Å². The van der Waals surface area contributed by atoms with E-state index in [2.05, 4.69) is 55.5 Å². The maximum Gasteiger partial charge on any atom is 0.0721 e.